The Balaban J connectivity index is 2.33. The normalized spacial score (nSPS) is 21.7. The van der Waals surface area contributed by atoms with E-state index in [4.69, 9.17) is 0 Å². The Bertz CT molecular complexity index is 249. The van der Waals surface area contributed by atoms with E-state index in [9.17, 15) is 4.79 Å². The molecule has 0 N–H and O–H groups in total. The molecule has 14 heavy (non-hydrogen) atoms. The molecule has 2 nitrogen and oxygen atoms in total. The van der Waals surface area contributed by atoms with Crippen molar-refractivity contribution in [3.8, 4) is 11.8 Å². The Morgan fingerprint density at radius 1 is 1.57 bits per heavy atom. The van der Waals surface area contributed by atoms with Crippen LogP contribution in [-0.2, 0) is 4.79 Å². The zero-order valence-electron chi connectivity index (χ0n) is 9.18. The smallest absolute Gasteiger partial charge is 0.131 e. The standard InChI is InChI=1S/C12H19NO/c1-3-4-5-8-13-9-6-7-12(13)10-11(2)14/h12H,5-10H2,1-2H3. The number of carbonyl (C=O) groups is 1. The van der Waals surface area contributed by atoms with E-state index in [1.807, 2.05) is 6.92 Å². The Hall–Kier alpha value is -0.810. The lowest BCUT2D eigenvalue weighted by Gasteiger charge is -2.22. The molecule has 0 radical (unpaired) electrons. The van der Waals surface area contributed by atoms with Crippen LogP contribution in [0.3, 0.4) is 0 Å². The Kier molecular flexibility index (Phi) is 4.69. The number of carbonyl (C=O) groups excluding carboxylic acids is 1. The maximum absolute atomic E-state index is 11.0. The summed E-state index contributed by atoms with van der Waals surface area (Å²) in [6.45, 7) is 5.72. The Morgan fingerprint density at radius 2 is 2.36 bits per heavy atom. The number of rotatable bonds is 4. The van der Waals surface area contributed by atoms with E-state index in [1.54, 1.807) is 6.92 Å². The fraction of sp³-hybridized carbons (Fsp3) is 0.750. The maximum Gasteiger partial charge on any atom is 0.131 e. The van der Waals surface area contributed by atoms with Crippen LogP contribution in [0.2, 0.25) is 0 Å². The highest BCUT2D eigenvalue weighted by Crippen LogP contribution is 2.20. The van der Waals surface area contributed by atoms with Crippen LogP contribution in [0.1, 0.15) is 39.5 Å². The van der Waals surface area contributed by atoms with E-state index in [0.29, 0.717) is 11.8 Å². The molecule has 1 heterocycles. The van der Waals surface area contributed by atoms with Gasteiger partial charge in [0.05, 0.1) is 0 Å². The summed E-state index contributed by atoms with van der Waals surface area (Å²) in [5.41, 5.74) is 0. The van der Waals surface area contributed by atoms with Crippen molar-refractivity contribution in [1.82, 2.24) is 4.90 Å². The minimum atomic E-state index is 0.309. The van der Waals surface area contributed by atoms with E-state index in [-0.39, 0.29) is 0 Å². The van der Waals surface area contributed by atoms with Gasteiger partial charge in [0.25, 0.3) is 0 Å². The van der Waals surface area contributed by atoms with E-state index >= 15 is 0 Å². The van der Waals surface area contributed by atoms with Crippen molar-refractivity contribution in [2.24, 2.45) is 0 Å². The number of hydrogen-bond donors (Lipinski definition) is 0. The highest BCUT2D eigenvalue weighted by molar-refractivity contribution is 5.76. The van der Waals surface area contributed by atoms with Crippen LogP contribution in [0.25, 0.3) is 0 Å². The van der Waals surface area contributed by atoms with E-state index in [2.05, 4.69) is 16.7 Å². The molecule has 0 saturated carbocycles. The number of nitrogens with zero attached hydrogens (tertiary/aromatic N) is 1. The number of hydrogen-bond acceptors (Lipinski definition) is 2. The minimum Gasteiger partial charge on any atom is -0.300 e. The second-order valence-corrected chi connectivity index (χ2v) is 3.91. The van der Waals surface area contributed by atoms with Gasteiger partial charge in [0, 0.05) is 25.4 Å². The van der Waals surface area contributed by atoms with Crippen LogP contribution >= 0.6 is 0 Å². The van der Waals surface area contributed by atoms with Gasteiger partial charge in [-0.25, -0.2) is 0 Å². The molecule has 0 spiro atoms. The second-order valence-electron chi connectivity index (χ2n) is 3.91. The summed E-state index contributed by atoms with van der Waals surface area (Å²) >= 11 is 0. The van der Waals surface area contributed by atoms with Gasteiger partial charge in [-0.3, -0.25) is 9.69 Å². The van der Waals surface area contributed by atoms with Crippen molar-refractivity contribution in [2.45, 2.75) is 45.6 Å². The van der Waals surface area contributed by atoms with Crippen molar-refractivity contribution in [2.75, 3.05) is 13.1 Å². The molecule has 1 saturated heterocycles. The van der Waals surface area contributed by atoms with Gasteiger partial charge in [-0.05, 0) is 33.2 Å². The molecule has 0 amide bonds. The molecule has 1 atom stereocenters. The second kappa shape index (κ2) is 5.82. The maximum atomic E-state index is 11.0. The van der Waals surface area contributed by atoms with Gasteiger partial charge in [0.2, 0.25) is 0 Å². The fourth-order valence-electron chi connectivity index (χ4n) is 2.08. The quantitative estimate of drug-likeness (QED) is 0.635. The molecule has 1 aliphatic rings. The summed E-state index contributed by atoms with van der Waals surface area (Å²) in [4.78, 5) is 13.4. The number of likely N-dealkylation sites (tertiary alicyclic amines) is 1. The van der Waals surface area contributed by atoms with Crippen molar-refractivity contribution in [3.63, 3.8) is 0 Å². The fourth-order valence-corrected chi connectivity index (χ4v) is 2.08. The van der Waals surface area contributed by atoms with Gasteiger partial charge in [-0.1, -0.05) is 0 Å². The SMILES string of the molecule is CC#CCCN1CCCC1CC(C)=O. The van der Waals surface area contributed by atoms with Gasteiger partial charge in [-0.2, -0.15) is 0 Å². The van der Waals surface area contributed by atoms with Crippen LogP contribution in [0.15, 0.2) is 0 Å². The van der Waals surface area contributed by atoms with Gasteiger partial charge in [0.15, 0.2) is 0 Å². The van der Waals surface area contributed by atoms with Crippen LogP contribution < -0.4 is 0 Å². The van der Waals surface area contributed by atoms with Crippen molar-refractivity contribution in [3.05, 3.63) is 0 Å². The van der Waals surface area contributed by atoms with Crippen LogP contribution in [0.5, 0.6) is 0 Å². The molecule has 0 aliphatic carbocycles. The average molecular weight is 193 g/mol. The summed E-state index contributed by atoms with van der Waals surface area (Å²) in [7, 11) is 0. The van der Waals surface area contributed by atoms with Crippen LogP contribution in [-0.4, -0.2) is 29.8 Å². The first kappa shape index (κ1) is 11.3. The topological polar surface area (TPSA) is 20.3 Å². The average Bonchev–Trinajstić information content (AvgIpc) is 2.52. The molecule has 0 aromatic rings. The van der Waals surface area contributed by atoms with Gasteiger partial charge >= 0.3 is 0 Å². The van der Waals surface area contributed by atoms with Crippen molar-refractivity contribution in [1.29, 1.82) is 0 Å². The lowest BCUT2D eigenvalue weighted by molar-refractivity contribution is -0.118. The van der Waals surface area contributed by atoms with Gasteiger partial charge in [0.1, 0.15) is 5.78 Å². The summed E-state index contributed by atoms with van der Waals surface area (Å²) in [5.74, 6) is 6.28. The summed E-state index contributed by atoms with van der Waals surface area (Å²) in [5, 5.41) is 0. The Morgan fingerprint density at radius 3 is 3.00 bits per heavy atom. The largest absolute Gasteiger partial charge is 0.300 e. The van der Waals surface area contributed by atoms with Gasteiger partial charge in [-0.15, -0.1) is 11.8 Å². The summed E-state index contributed by atoms with van der Waals surface area (Å²) in [6.07, 6.45) is 4.07. The van der Waals surface area contributed by atoms with E-state index in [0.717, 1.165) is 25.9 Å². The number of Topliss-reactive ketones (excluding diaryl/α,β-unsaturated/α-hetero) is 1. The minimum absolute atomic E-state index is 0.309. The molecule has 78 valence electrons. The van der Waals surface area contributed by atoms with Crippen molar-refractivity contribution < 1.29 is 4.79 Å². The molecular formula is C12H19NO. The lowest BCUT2D eigenvalue weighted by Crippen LogP contribution is -2.31. The van der Waals surface area contributed by atoms with Crippen LogP contribution in [0, 0.1) is 11.8 Å². The molecule has 2 heteroatoms. The zero-order chi connectivity index (χ0) is 10.4. The molecule has 1 unspecified atom stereocenters. The molecule has 0 aromatic carbocycles. The highest BCUT2D eigenvalue weighted by Gasteiger charge is 2.24. The predicted octanol–water partition coefficient (Wildman–Crippen LogP) is 1.84. The molecule has 1 aliphatic heterocycles. The first-order valence-corrected chi connectivity index (χ1v) is 5.37. The monoisotopic (exact) mass is 193 g/mol. The van der Waals surface area contributed by atoms with Crippen molar-refractivity contribution >= 4 is 5.78 Å². The van der Waals surface area contributed by atoms with E-state index in [1.165, 1.54) is 12.8 Å². The first-order valence-electron chi connectivity index (χ1n) is 5.37. The third-order valence-electron chi connectivity index (χ3n) is 2.72. The van der Waals surface area contributed by atoms with Gasteiger partial charge < -0.3 is 0 Å². The Labute approximate surface area is 86.7 Å². The molecular weight excluding hydrogens is 174 g/mol. The molecule has 1 fully saturated rings. The summed E-state index contributed by atoms with van der Waals surface area (Å²) in [6, 6.07) is 0.492. The molecule has 0 bridgehead atoms. The first-order chi connectivity index (χ1) is 6.74. The molecule has 0 aromatic heterocycles. The zero-order valence-corrected chi connectivity index (χ0v) is 9.18. The summed E-state index contributed by atoms with van der Waals surface area (Å²) < 4.78 is 0. The molecule has 1 rings (SSSR count). The van der Waals surface area contributed by atoms with E-state index < -0.39 is 0 Å². The third kappa shape index (κ3) is 3.51. The third-order valence-corrected chi connectivity index (χ3v) is 2.72. The van der Waals surface area contributed by atoms with Crippen LogP contribution in [0.4, 0.5) is 0 Å². The highest BCUT2D eigenvalue weighted by atomic mass is 16.1. The number of ketones is 1. The lowest BCUT2D eigenvalue weighted by atomic mass is 10.1. The predicted molar refractivity (Wildman–Crippen MR) is 58.0 cm³/mol.